The maximum Gasteiger partial charge on any atom is 0.126 e. The number of allylic oxidation sites excluding steroid dienone is 2. The van der Waals surface area contributed by atoms with Gasteiger partial charge in [0.2, 0.25) is 0 Å². The molecule has 0 radical (unpaired) electrons. The quantitative estimate of drug-likeness (QED) is 0.558. The lowest BCUT2D eigenvalue weighted by Gasteiger charge is -2.09. The van der Waals surface area contributed by atoms with Gasteiger partial charge >= 0.3 is 0 Å². The lowest BCUT2D eigenvalue weighted by Crippen LogP contribution is -2.08. The minimum Gasteiger partial charge on any atom is -0.507 e. The minimum atomic E-state index is 0.469. The number of aliphatic hydroxyl groups excluding tert-OH is 1. The highest BCUT2D eigenvalue weighted by molar-refractivity contribution is 8.03. The van der Waals surface area contributed by atoms with E-state index in [1.165, 1.54) is 5.70 Å². The summed E-state index contributed by atoms with van der Waals surface area (Å²) in [7, 11) is 0. The third-order valence-corrected chi connectivity index (χ3v) is 2.77. The Bertz CT molecular complexity index is 220. The second-order valence-corrected chi connectivity index (χ2v) is 3.39. The molecule has 1 heterocycles. The molecule has 54 valence electrons. The van der Waals surface area contributed by atoms with Crippen LogP contribution in [0.2, 0.25) is 0 Å². The standard InChI is InChI=1S/C7H9NOS/c9-6-3-1-2-5-7(6)10-4-8-5/h3,8-9H,1-2,4H2. The molecule has 0 fully saturated rings. The van der Waals surface area contributed by atoms with Crippen molar-refractivity contribution >= 4 is 11.8 Å². The lowest BCUT2D eigenvalue weighted by molar-refractivity contribution is 0.422. The summed E-state index contributed by atoms with van der Waals surface area (Å²) in [5, 5.41) is 12.6. The van der Waals surface area contributed by atoms with E-state index >= 15 is 0 Å². The van der Waals surface area contributed by atoms with Crippen LogP contribution >= 0.6 is 11.8 Å². The topological polar surface area (TPSA) is 32.3 Å². The molecule has 0 saturated carbocycles. The maximum atomic E-state index is 9.32. The van der Waals surface area contributed by atoms with Crippen molar-refractivity contribution < 1.29 is 5.11 Å². The average molecular weight is 155 g/mol. The van der Waals surface area contributed by atoms with E-state index in [9.17, 15) is 5.11 Å². The average Bonchev–Trinajstić information content (AvgIpc) is 2.36. The number of hydrogen-bond donors (Lipinski definition) is 2. The van der Waals surface area contributed by atoms with Crippen LogP contribution < -0.4 is 5.32 Å². The Hall–Kier alpha value is -0.570. The highest BCUT2D eigenvalue weighted by atomic mass is 32.2. The molecule has 0 aromatic heterocycles. The van der Waals surface area contributed by atoms with Gasteiger partial charge < -0.3 is 10.4 Å². The van der Waals surface area contributed by atoms with Gasteiger partial charge in [-0.1, -0.05) is 11.8 Å². The zero-order chi connectivity index (χ0) is 6.97. The fourth-order valence-corrected chi connectivity index (χ4v) is 2.21. The molecule has 2 N–H and O–H groups in total. The van der Waals surface area contributed by atoms with Crippen LogP contribution in [0.15, 0.2) is 22.4 Å². The van der Waals surface area contributed by atoms with Gasteiger partial charge in [0.15, 0.2) is 0 Å². The van der Waals surface area contributed by atoms with Crippen molar-refractivity contribution in [2.24, 2.45) is 0 Å². The van der Waals surface area contributed by atoms with Gasteiger partial charge in [0.25, 0.3) is 0 Å². The van der Waals surface area contributed by atoms with Gasteiger partial charge in [0.1, 0.15) is 5.76 Å². The van der Waals surface area contributed by atoms with Crippen molar-refractivity contribution in [3.63, 3.8) is 0 Å². The molecule has 0 saturated heterocycles. The summed E-state index contributed by atoms with van der Waals surface area (Å²) in [6, 6.07) is 0. The monoisotopic (exact) mass is 155 g/mol. The zero-order valence-electron chi connectivity index (χ0n) is 5.55. The van der Waals surface area contributed by atoms with Crippen molar-refractivity contribution in [1.29, 1.82) is 0 Å². The highest BCUT2D eigenvalue weighted by Gasteiger charge is 2.19. The van der Waals surface area contributed by atoms with Gasteiger partial charge in [-0.25, -0.2) is 0 Å². The molecule has 0 aromatic rings. The van der Waals surface area contributed by atoms with E-state index in [0.717, 1.165) is 23.6 Å². The summed E-state index contributed by atoms with van der Waals surface area (Å²) in [5.74, 6) is 1.39. The van der Waals surface area contributed by atoms with Gasteiger partial charge in [-0.15, -0.1) is 0 Å². The van der Waals surface area contributed by atoms with Crippen LogP contribution in [0.25, 0.3) is 0 Å². The first-order valence-corrected chi connectivity index (χ1v) is 4.36. The number of nitrogens with one attached hydrogen (secondary N) is 1. The number of aliphatic hydroxyl groups is 1. The van der Waals surface area contributed by atoms with Gasteiger partial charge in [-0.2, -0.15) is 0 Å². The van der Waals surface area contributed by atoms with Crippen LogP contribution in [-0.2, 0) is 0 Å². The molecule has 0 aromatic carbocycles. The molecule has 0 unspecified atom stereocenters. The first kappa shape index (κ1) is 6.16. The Morgan fingerprint density at radius 2 is 2.50 bits per heavy atom. The van der Waals surface area contributed by atoms with Gasteiger partial charge in [0, 0.05) is 5.70 Å². The number of thioether (sulfide) groups is 1. The summed E-state index contributed by atoms with van der Waals surface area (Å²) in [5.41, 5.74) is 1.23. The van der Waals surface area contributed by atoms with Crippen LogP contribution in [0.3, 0.4) is 0 Å². The molecule has 3 heteroatoms. The summed E-state index contributed by atoms with van der Waals surface area (Å²) < 4.78 is 0. The van der Waals surface area contributed by atoms with Gasteiger partial charge in [-0.05, 0) is 18.9 Å². The predicted octanol–water partition coefficient (Wildman–Crippen LogP) is 1.73. The molecule has 0 bridgehead atoms. The first-order chi connectivity index (χ1) is 4.88. The summed E-state index contributed by atoms with van der Waals surface area (Å²) in [4.78, 5) is 1.06. The third kappa shape index (κ3) is 0.814. The lowest BCUT2D eigenvalue weighted by atomic mass is 10.1. The summed E-state index contributed by atoms with van der Waals surface area (Å²) >= 11 is 1.68. The largest absolute Gasteiger partial charge is 0.507 e. The van der Waals surface area contributed by atoms with E-state index < -0.39 is 0 Å². The van der Waals surface area contributed by atoms with E-state index in [1.54, 1.807) is 11.8 Å². The van der Waals surface area contributed by atoms with E-state index in [0.29, 0.717) is 5.76 Å². The van der Waals surface area contributed by atoms with Crippen LogP contribution in [0, 0.1) is 0 Å². The molecule has 2 rings (SSSR count). The van der Waals surface area contributed by atoms with Gasteiger partial charge in [-0.3, -0.25) is 0 Å². The van der Waals surface area contributed by atoms with E-state index in [-0.39, 0.29) is 0 Å². The smallest absolute Gasteiger partial charge is 0.126 e. The number of rotatable bonds is 0. The van der Waals surface area contributed by atoms with Crippen LogP contribution in [-0.4, -0.2) is 11.0 Å². The van der Waals surface area contributed by atoms with Crippen molar-refractivity contribution in [2.45, 2.75) is 12.8 Å². The Morgan fingerprint density at radius 1 is 1.60 bits per heavy atom. The Kier molecular flexibility index (Phi) is 1.38. The Morgan fingerprint density at radius 3 is 3.30 bits per heavy atom. The second kappa shape index (κ2) is 2.23. The molecule has 0 spiro atoms. The first-order valence-electron chi connectivity index (χ1n) is 3.37. The highest BCUT2D eigenvalue weighted by Crippen LogP contribution is 2.34. The molecule has 0 amide bonds. The SMILES string of the molecule is OC1=CCCC2=C1SCN2. The van der Waals surface area contributed by atoms with Crippen molar-refractivity contribution in [1.82, 2.24) is 5.32 Å². The molecule has 1 aliphatic heterocycles. The molecule has 1 aliphatic carbocycles. The van der Waals surface area contributed by atoms with Crippen LogP contribution in [0.4, 0.5) is 0 Å². The second-order valence-electron chi connectivity index (χ2n) is 2.40. The molecular weight excluding hydrogens is 146 g/mol. The van der Waals surface area contributed by atoms with E-state index in [2.05, 4.69) is 5.32 Å². The summed E-state index contributed by atoms with van der Waals surface area (Å²) in [6.07, 6.45) is 3.92. The fraction of sp³-hybridized carbons (Fsp3) is 0.429. The van der Waals surface area contributed by atoms with Crippen molar-refractivity contribution in [3.8, 4) is 0 Å². The predicted molar refractivity (Wildman–Crippen MR) is 42.6 cm³/mol. The molecule has 2 nitrogen and oxygen atoms in total. The normalized spacial score (nSPS) is 23.8. The Labute approximate surface area is 64.0 Å². The molecule has 0 atom stereocenters. The van der Waals surface area contributed by atoms with E-state index in [4.69, 9.17) is 0 Å². The molecular formula is C7H9NOS. The maximum absolute atomic E-state index is 9.32. The zero-order valence-corrected chi connectivity index (χ0v) is 6.37. The van der Waals surface area contributed by atoms with Crippen LogP contribution in [0.5, 0.6) is 0 Å². The summed E-state index contributed by atoms with van der Waals surface area (Å²) in [6.45, 7) is 0. The fourth-order valence-electron chi connectivity index (χ4n) is 1.24. The molecule has 2 aliphatic rings. The Balaban J connectivity index is 2.33. The van der Waals surface area contributed by atoms with Crippen molar-refractivity contribution in [2.75, 3.05) is 5.88 Å². The third-order valence-electron chi connectivity index (χ3n) is 1.74. The van der Waals surface area contributed by atoms with Crippen molar-refractivity contribution in [3.05, 3.63) is 22.4 Å². The van der Waals surface area contributed by atoms with Gasteiger partial charge in [0.05, 0.1) is 10.8 Å². The van der Waals surface area contributed by atoms with E-state index in [1.807, 2.05) is 6.08 Å². The minimum absolute atomic E-state index is 0.469. The van der Waals surface area contributed by atoms with Crippen LogP contribution in [0.1, 0.15) is 12.8 Å². The number of hydrogen-bond acceptors (Lipinski definition) is 3. The molecule has 10 heavy (non-hydrogen) atoms.